The van der Waals surface area contributed by atoms with Crippen LogP contribution in [0.3, 0.4) is 0 Å². The molecule has 0 spiro atoms. The van der Waals surface area contributed by atoms with Gasteiger partial charge in [-0.3, -0.25) is 4.79 Å². The third-order valence-electron chi connectivity index (χ3n) is 4.72. The van der Waals surface area contributed by atoms with Crippen molar-refractivity contribution in [2.45, 2.75) is 31.3 Å². The van der Waals surface area contributed by atoms with Gasteiger partial charge in [0, 0.05) is 48.4 Å². The van der Waals surface area contributed by atoms with E-state index in [-0.39, 0.29) is 18.0 Å². The lowest BCUT2D eigenvalue weighted by molar-refractivity contribution is -0.117. The third kappa shape index (κ3) is 2.89. The molecule has 7 heteroatoms. The van der Waals surface area contributed by atoms with E-state index in [1.165, 1.54) is 0 Å². The molecular weight excluding hydrogens is 322 g/mol. The Labute approximate surface area is 144 Å². The van der Waals surface area contributed by atoms with Crippen LogP contribution in [0.4, 0.5) is 5.69 Å². The van der Waals surface area contributed by atoms with Gasteiger partial charge in [-0.05, 0) is 31.4 Å². The number of nitrogens with one attached hydrogen (secondary N) is 2. The van der Waals surface area contributed by atoms with Crippen LogP contribution >= 0.6 is 11.8 Å². The molecule has 1 saturated carbocycles. The van der Waals surface area contributed by atoms with Crippen LogP contribution in [-0.4, -0.2) is 40.3 Å². The number of amides is 1. The highest BCUT2D eigenvalue weighted by molar-refractivity contribution is 8.04. The van der Waals surface area contributed by atoms with E-state index in [2.05, 4.69) is 20.2 Å². The van der Waals surface area contributed by atoms with Gasteiger partial charge in [0.05, 0.1) is 10.6 Å². The summed E-state index contributed by atoms with van der Waals surface area (Å²) in [6.45, 7) is 0.870. The van der Waals surface area contributed by atoms with Crippen molar-refractivity contribution in [3.05, 3.63) is 35.6 Å². The first-order valence-corrected chi connectivity index (χ1v) is 9.31. The van der Waals surface area contributed by atoms with Crippen LogP contribution in [0.25, 0.3) is 11.0 Å². The van der Waals surface area contributed by atoms with Gasteiger partial charge < -0.3 is 20.9 Å². The Kier molecular flexibility index (Phi) is 4.20. The zero-order valence-electron chi connectivity index (χ0n) is 13.4. The SMILES string of the molecule is N[C@@H]1CCC[C@@H]1NC(=O)C1=CN(c2ccnc3[nH]ccc23)CCS1. The summed E-state index contributed by atoms with van der Waals surface area (Å²) >= 11 is 1.60. The Morgan fingerprint density at radius 1 is 1.42 bits per heavy atom. The average molecular weight is 343 g/mol. The van der Waals surface area contributed by atoms with Gasteiger partial charge in [0.25, 0.3) is 5.91 Å². The first-order valence-electron chi connectivity index (χ1n) is 8.32. The molecule has 2 aliphatic rings. The van der Waals surface area contributed by atoms with Crippen LogP contribution in [0.15, 0.2) is 35.6 Å². The van der Waals surface area contributed by atoms with E-state index in [4.69, 9.17) is 5.73 Å². The van der Waals surface area contributed by atoms with E-state index in [0.717, 1.165) is 53.2 Å². The number of hydrogen-bond donors (Lipinski definition) is 3. The summed E-state index contributed by atoms with van der Waals surface area (Å²) in [5, 5.41) is 4.17. The van der Waals surface area contributed by atoms with Crippen LogP contribution in [0.1, 0.15) is 19.3 Å². The fraction of sp³-hybridized carbons (Fsp3) is 0.412. The van der Waals surface area contributed by atoms with E-state index in [1.54, 1.807) is 18.0 Å². The van der Waals surface area contributed by atoms with E-state index in [1.807, 2.05) is 24.5 Å². The first kappa shape index (κ1) is 15.5. The van der Waals surface area contributed by atoms with E-state index in [9.17, 15) is 4.79 Å². The molecule has 1 amide bonds. The zero-order chi connectivity index (χ0) is 16.5. The highest BCUT2D eigenvalue weighted by atomic mass is 32.2. The Hall–Kier alpha value is -1.99. The molecule has 24 heavy (non-hydrogen) atoms. The summed E-state index contributed by atoms with van der Waals surface area (Å²) in [5.41, 5.74) is 8.00. The number of nitrogens with two attached hydrogens (primary N) is 1. The fourth-order valence-corrected chi connectivity index (χ4v) is 4.32. The normalized spacial score (nSPS) is 24.2. The van der Waals surface area contributed by atoms with Crippen LogP contribution < -0.4 is 16.0 Å². The summed E-state index contributed by atoms with van der Waals surface area (Å²) in [7, 11) is 0. The van der Waals surface area contributed by atoms with Crippen LogP contribution in [0, 0.1) is 0 Å². The molecule has 0 unspecified atom stereocenters. The molecule has 2 atom stereocenters. The minimum Gasteiger partial charge on any atom is -0.347 e. The van der Waals surface area contributed by atoms with Crippen molar-refractivity contribution in [3.8, 4) is 0 Å². The summed E-state index contributed by atoms with van der Waals surface area (Å²) in [5.74, 6) is 0.871. The Morgan fingerprint density at radius 3 is 3.17 bits per heavy atom. The minimum atomic E-state index is -0.00795. The molecule has 0 aromatic carbocycles. The minimum absolute atomic E-state index is 0.00795. The highest BCUT2D eigenvalue weighted by Gasteiger charge is 2.27. The zero-order valence-corrected chi connectivity index (χ0v) is 14.2. The van der Waals surface area contributed by atoms with E-state index < -0.39 is 0 Å². The number of anilines is 1. The van der Waals surface area contributed by atoms with Gasteiger partial charge in [0.1, 0.15) is 5.65 Å². The Bertz CT molecular complexity index is 786. The number of pyridine rings is 1. The first-order chi connectivity index (χ1) is 11.7. The quantitative estimate of drug-likeness (QED) is 0.793. The van der Waals surface area contributed by atoms with Gasteiger partial charge in [-0.25, -0.2) is 4.98 Å². The van der Waals surface area contributed by atoms with Crippen molar-refractivity contribution >= 4 is 34.4 Å². The van der Waals surface area contributed by atoms with Gasteiger partial charge in [0.2, 0.25) is 0 Å². The van der Waals surface area contributed by atoms with E-state index >= 15 is 0 Å². The summed E-state index contributed by atoms with van der Waals surface area (Å²) in [6.07, 6.45) is 8.69. The van der Waals surface area contributed by atoms with Gasteiger partial charge in [0.15, 0.2) is 0 Å². The number of aromatic amines is 1. The maximum absolute atomic E-state index is 12.6. The molecule has 1 fully saturated rings. The van der Waals surface area contributed by atoms with Crippen molar-refractivity contribution in [1.82, 2.24) is 15.3 Å². The molecule has 1 aliphatic heterocycles. The topological polar surface area (TPSA) is 87.0 Å². The summed E-state index contributed by atoms with van der Waals surface area (Å²) < 4.78 is 0. The highest BCUT2D eigenvalue weighted by Crippen LogP contribution is 2.30. The number of nitrogens with zero attached hydrogens (tertiary/aromatic N) is 2. The van der Waals surface area contributed by atoms with Crippen LogP contribution in [-0.2, 0) is 4.79 Å². The van der Waals surface area contributed by atoms with Crippen molar-refractivity contribution in [1.29, 1.82) is 0 Å². The number of H-pyrrole nitrogens is 1. The number of fused-ring (bicyclic) bond motifs is 1. The lowest BCUT2D eigenvalue weighted by Crippen LogP contribution is -2.44. The lowest BCUT2D eigenvalue weighted by atomic mass is 10.2. The molecule has 2 aromatic rings. The van der Waals surface area contributed by atoms with Gasteiger partial charge in [-0.2, -0.15) is 0 Å². The van der Waals surface area contributed by atoms with Crippen LogP contribution in [0.2, 0.25) is 0 Å². The molecule has 1 aliphatic carbocycles. The Morgan fingerprint density at radius 2 is 2.33 bits per heavy atom. The largest absolute Gasteiger partial charge is 0.347 e. The van der Waals surface area contributed by atoms with Crippen LogP contribution in [0.5, 0.6) is 0 Å². The second-order valence-electron chi connectivity index (χ2n) is 6.28. The van der Waals surface area contributed by atoms with E-state index in [0.29, 0.717) is 0 Å². The molecule has 4 rings (SSSR count). The second-order valence-corrected chi connectivity index (χ2v) is 7.42. The number of carbonyl (C=O) groups is 1. The summed E-state index contributed by atoms with van der Waals surface area (Å²) in [4.78, 5) is 22.9. The smallest absolute Gasteiger partial charge is 0.259 e. The second kappa shape index (κ2) is 6.49. The molecule has 0 saturated heterocycles. The molecule has 2 aromatic heterocycles. The lowest BCUT2D eigenvalue weighted by Gasteiger charge is -2.27. The van der Waals surface area contributed by atoms with Gasteiger partial charge in [-0.1, -0.05) is 0 Å². The number of thioether (sulfide) groups is 1. The standard InChI is InChI=1S/C17H21N5OS/c18-12-2-1-3-13(12)21-17(23)15-10-22(8-9-24-15)14-5-7-20-16-11(14)4-6-19-16/h4-7,10,12-13H,1-3,8-9,18H2,(H,19,20)(H,21,23)/t12-,13+/m1/s1. The maximum atomic E-state index is 12.6. The average Bonchev–Trinajstić information content (AvgIpc) is 3.24. The maximum Gasteiger partial charge on any atom is 0.259 e. The molecule has 0 radical (unpaired) electrons. The number of aromatic nitrogens is 2. The fourth-order valence-electron chi connectivity index (χ4n) is 3.42. The number of rotatable bonds is 3. The monoisotopic (exact) mass is 343 g/mol. The predicted octanol–water partition coefficient (Wildman–Crippen LogP) is 1.95. The number of carbonyl (C=O) groups excluding carboxylic acids is 1. The van der Waals surface area contributed by atoms with Gasteiger partial charge >= 0.3 is 0 Å². The number of hydrogen-bond acceptors (Lipinski definition) is 5. The van der Waals surface area contributed by atoms with Crippen molar-refractivity contribution < 1.29 is 4.79 Å². The van der Waals surface area contributed by atoms with Crippen molar-refractivity contribution in [2.24, 2.45) is 5.73 Å². The molecular formula is C17H21N5OS. The molecule has 126 valence electrons. The van der Waals surface area contributed by atoms with Crippen molar-refractivity contribution in [3.63, 3.8) is 0 Å². The predicted molar refractivity (Wildman–Crippen MR) is 97.7 cm³/mol. The molecule has 4 N–H and O–H groups in total. The van der Waals surface area contributed by atoms with Gasteiger partial charge in [-0.15, -0.1) is 11.8 Å². The summed E-state index contributed by atoms with van der Waals surface area (Å²) in [6, 6.07) is 4.20. The Balaban J connectivity index is 1.56. The third-order valence-corrected chi connectivity index (χ3v) is 5.71. The van der Waals surface area contributed by atoms with Crippen molar-refractivity contribution in [2.75, 3.05) is 17.2 Å². The molecule has 6 nitrogen and oxygen atoms in total. The molecule has 0 bridgehead atoms. The molecule has 3 heterocycles.